The van der Waals surface area contributed by atoms with Crippen LogP contribution in [-0.4, -0.2) is 37.8 Å². The third-order valence-electron chi connectivity index (χ3n) is 2.17. The molecule has 0 saturated carbocycles. The number of thioether (sulfide) groups is 1. The van der Waals surface area contributed by atoms with Crippen LogP contribution in [0.5, 0.6) is 0 Å². The highest BCUT2D eigenvalue weighted by Gasteiger charge is 2.10. The highest BCUT2D eigenvalue weighted by Crippen LogP contribution is 2.22. The number of amides is 1. The number of alkyl halides is 1. The largest absolute Gasteiger partial charge is 0.378 e. The van der Waals surface area contributed by atoms with Gasteiger partial charge in [-0.1, -0.05) is 11.6 Å². The Kier molecular flexibility index (Phi) is 7.51. The molecule has 1 N–H and O–H groups in total. The molecule has 0 heterocycles. The van der Waals surface area contributed by atoms with Crippen molar-refractivity contribution in [1.82, 2.24) is 5.32 Å². The zero-order valence-electron chi connectivity index (χ0n) is 10.0. The van der Waals surface area contributed by atoms with E-state index in [1.54, 1.807) is 23.9 Å². The summed E-state index contributed by atoms with van der Waals surface area (Å²) in [5.41, 5.74) is 0.487. The standard InChI is InChI=1S/C12H15Cl2NO2S/c1-18-9-2-3-11(14)10(8-9)12(16)15-5-7-17-6-4-13/h2-3,8H,4-7H2,1H3,(H,15,16). The smallest absolute Gasteiger partial charge is 0.252 e. The van der Waals surface area contributed by atoms with E-state index >= 15 is 0 Å². The molecule has 1 aromatic carbocycles. The molecule has 6 heteroatoms. The van der Waals surface area contributed by atoms with Crippen LogP contribution in [0.1, 0.15) is 10.4 Å². The summed E-state index contributed by atoms with van der Waals surface area (Å²) < 4.78 is 5.16. The maximum absolute atomic E-state index is 11.9. The fourth-order valence-corrected chi connectivity index (χ4v) is 2.05. The van der Waals surface area contributed by atoms with Crippen molar-refractivity contribution in [3.8, 4) is 0 Å². The minimum atomic E-state index is -0.189. The third-order valence-corrected chi connectivity index (χ3v) is 3.38. The van der Waals surface area contributed by atoms with Gasteiger partial charge in [0, 0.05) is 17.3 Å². The first-order chi connectivity index (χ1) is 8.69. The second-order valence-corrected chi connectivity index (χ2v) is 5.07. The summed E-state index contributed by atoms with van der Waals surface area (Å²) in [6, 6.07) is 5.39. The summed E-state index contributed by atoms with van der Waals surface area (Å²) in [5, 5.41) is 3.20. The average Bonchev–Trinajstić information content (AvgIpc) is 2.39. The van der Waals surface area contributed by atoms with Gasteiger partial charge in [-0.15, -0.1) is 23.4 Å². The third kappa shape index (κ3) is 5.06. The molecule has 0 radical (unpaired) electrons. The predicted octanol–water partition coefficient (Wildman–Crippen LogP) is 3.05. The maximum atomic E-state index is 11.9. The van der Waals surface area contributed by atoms with Crippen molar-refractivity contribution >= 4 is 40.9 Å². The van der Waals surface area contributed by atoms with Crippen LogP contribution in [0.25, 0.3) is 0 Å². The van der Waals surface area contributed by atoms with Gasteiger partial charge < -0.3 is 10.1 Å². The van der Waals surface area contributed by atoms with E-state index in [4.69, 9.17) is 27.9 Å². The minimum Gasteiger partial charge on any atom is -0.378 e. The number of carbonyl (C=O) groups is 1. The molecule has 1 amide bonds. The fraction of sp³-hybridized carbons (Fsp3) is 0.417. The van der Waals surface area contributed by atoms with Gasteiger partial charge in [-0.3, -0.25) is 4.79 Å². The number of nitrogens with one attached hydrogen (secondary N) is 1. The van der Waals surface area contributed by atoms with Crippen molar-refractivity contribution in [3.05, 3.63) is 28.8 Å². The van der Waals surface area contributed by atoms with Crippen molar-refractivity contribution in [3.63, 3.8) is 0 Å². The topological polar surface area (TPSA) is 38.3 Å². The maximum Gasteiger partial charge on any atom is 0.252 e. The minimum absolute atomic E-state index is 0.189. The van der Waals surface area contributed by atoms with E-state index in [-0.39, 0.29) is 5.91 Å². The lowest BCUT2D eigenvalue weighted by Gasteiger charge is -2.08. The Labute approximate surface area is 121 Å². The predicted molar refractivity (Wildman–Crippen MR) is 77.1 cm³/mol. The van der Waals surface area contributed by atoms with Crippen molar-refractivity contribution in [2.24, 2.45) is 0 Å². The molecule has 0 aliphatic rings. The molecule has 0 fully saturated rings. The molecule has 0 spiro atoms. The molecular formula is C12H15Cl2NO2S. The molecule has 0 aliphatic carbocycles. The van der Waals surface area contributed by atoms with E-state index in [0.717, 1.165) is 4.90 Å². The van der Waals surface area contributed by atoms with Crippen molar-refractivity contribution in [2.45, 2.75) is 4.90 Å². The number of hydrogen-bond acceptors (Lipinski definition) is 3. The summed E-state index contributed by atoms with van der Waals surface area (Å²) >= 11 is 13.0. The lowest BCUT2D eigenvalue weighted by atomic mass is 10.2. The van der Waals surface area contributed by atoms with Crippen LogP contribution < -0.4 is 5.32 Å². The summed E-state index contributed by atoms with van der Waals surface area (Å²) in [6.07, 6.45) is 1.95. The van der Waals surface area contributed by atoms with E-state index in [9.17, 15) is 4.79 Å². The molecule has 0 atom stereocenters. The van der Waals surface area contributed by atoms with Crippen LogP contribution >= 0.6 is 35.0 Å². The molecular weight excluding hydrogens is 293 g/mol. The van der Waals surface area contributed by atoms with Crippen LogP contribution in [0.2, 0.25) is 5.02 Å². The van der Waals surface area contributed by atoms with Crippen LogP contribution in [0.4, 0.5) is 0 Å². The number of hydrogen-bond donors (Lipinski definition) is 1. The summed E-state index contributed by atoms with van der Waals surface area (Å²) in [4.78, 5) is 12.9. The number of benzene rings is 1. The Hall–Kier alpha value is -0.420. The first-order valence-corrected chi connectivity index (χ1v) is 7.58. The first kappa shape index (κ1) is 15.6. The number of carbonyl (C=O) groups excluding carboxylic acids is 1. The molecule has 0 unspecified atom stereocenters. The molecule has 1 aromatic rings. The van der Waals surface area contributed by atoms with E-state index < -0.39 is 0 Å². The van der Waals surface area contributed by atoms with Crippen molar-refractivity contribution < 1.29 is 9.53 Å². The van der Waals surface area contributed by atoms with Crippen molar-refractivity contribution in [2.75, 3.05) is 31.9 Å². The zero-order chi connectivity index (χ0) is 13.4. The Bertz CT molecular complexity index is 402. The highest BCUT2D eigenvalue weighted by atomic mass is 35.5. The van der Waals surface area contributed by atoms with Gasteiger partial charge in [0.15, 0.2) is 0 Å². The second-order valence-electron chi connectivity index (χ2n) is 3.40. The summed E-state index contributed by atoms with van der Waals surface area (Å²) in [6.45, 7) is 1.37. The van der Waals surface area contributed by atoms with Gasteiger partial charge in [0.2, 0.25) is 0 Å². The molecule has 0 bridgehead atoms. The highest BCUT2D eigenvalue weighted by molar-refractivity contribution is 7.98. The van der Waals surface area contributed by atoms with Gasteiger partial charge in [0.25, 0.3) is 5.91 Å². The van der Waals surface area contributed by atoms with Crippen LogP contribution in [0, 0.1) is 0 Å². The molecule has 18 heavy (non-hydrogen) atoms. The van der Waals surface area contributed by atoms with Gasteiger partial charge in [0.05, 0.1) is 23.8 Å². The Morgan fingerprint density at radius 1 is 1.44 bits per heavy atom. The van der Waals surface area contributed by atoms with Crippen molar-refractivity contribution in [1.29, 1.82) is 0 Å². The first-order valence-electron chi connectivity index (χ1n) is 5.44. The normalized spacial score (nSPS) is 10.4. The van der Waals surface area contributed by atoms with Crippen LogP contribution in [0.15, 0.2) is 23.1 Å². The van der Waals surface area contributed by atoms with Crippen LogP contribution in [0.3, 0.4) is 0 Å². The lowest BCUT2D eigenvalue weighted by Crippen LogP contribution is -2.27. The van der Waals surface area contributed by atoms with E-state index in [0.29, 0.717) is 36.2 Å². The van der Waals surface area contributed by atoms with Gasteiger partial charge in [-0.05, 0) is 24.5 Å². The van der Waals surface area contributed by atoms with Crippen LogP contribution in [-0.2, 0) is 4.74 Å². The monoisotopic (exact) mass is 307 g/mol. The SMILES string of the molecule is CSc1ccc(Cl)c(C(=O)NCCOCCCl)c1. The van der Waals surface area contributed by atoms with E-state index in [1.807, 2.05) is 12.3 Å². The molecule has 0 aliphatic heterocycles. The number of rotatable bonds is 7. The average molecular weight is 308 g/mol. The molecule has 100 valence electrons. The van der Waals surface area contributed by atoms with Gasteiger partial charge in [-0.25, -0.2) is 0 Å². The summed E-state index contributed by atoms with van der Waals surface area (Å²) in [7, 11) is 0. The zero-order valence-corrected chi connectivity index (χ0v) is 12.4. The molecule has 0 saturated heterocycles. The fourth-order valence-electron chi connectivity index (χ4n) is 1.29. The quantitative estimate of drug-likeness (QED) is 0.478. The Balaban J connectivity index is 2.50. The van der Waals surface area contributed by atoms with Gasteiger partial charge in [0.1, 0.15) is 0 Å². The lowest BCUT2D eigenvalue weighted by molar-refractivity contribution is 0.0923. The number of halogens is 2. The Morgan fingerprint density at radius 2 is 2.22 bits per heavy atom. The van der Waals surface area contributed by atoms with Gasteiger partial charge in [-0.2, -0.15) is 0 Å². The summed E-state index contributed by atoms with van der Waals surface area (Å²) in [5.74, 6) is 0.264. The molecule has 0 aromatic heterocycles. The molecule has 3 nitrogen and oxygen atoms in total. The van der Waals surface area contributed by atoms with E-state index in [1.165, 1.54) is 0 Å². The second kappa shape index (κ2) is 8.64. The van der Waals surface area contributed by atoms with E-state index in [2.05, 4.69) is 5.32 Å². The Morgan fingerprint density at radius 3 is 2.89 bits per heavy atom. The molecule has 1 rings (SSSR count). The number of ether oxygens (including phenoxy) is 1. The van der Waals surface area contributed by atoms with Gasteiger partial charge >= 0.3 is 0 Å².